The van der Waals surface area contributed by atoms with Crippen LogP contribution in [0.15, 0.2) is 11.1 Å². The van der Waals surface area contributed by atoms with Crippen molar-refractivity contribution >= 4 is 10.0 Å². The zero-order valence-electron chi connectivity index (χ0n) is 8.57. The van der Waals surface area contributed by atoms with Gasteiger partial charge in [-0.3, -0.25) is 4.98 Å². The van der Waals surface area contributed by atoms with Crippen molar-refractivity contribution in [2.45, 2.75) is 18.2 Å². The van der Waals surface area contributed by atoms with Crippen LogP contribution in [0.3, 0.4) is 0 Å². The number of ether oxygens (including phenoxy) is 1. The topological polar surface area (TPSA) is 82.3 Å². The molecule has 0 saturated heterocycles. The number of alkyl halides is 2. The van der Waals surface area contributed by atoms with Crippen LogP contribution in [0.4, 0.5) is 8.78 Å². The van der Waals surface area contributed by atoms with Crippen molar-refractivity contribution in [3.8, 4) is 5.75 Å². The molecule has 16 heavy (non-hydrogen) atoms. The zero-order valence-corrected chi connectivity index (χ0v) is 9.38. The Morgan fingerprint density at radius 2 is 2.06 bits per heavy atom. The van der Waals surface area contributed by atoms with E-state index in [1.807, 2.05) is 0 Å². The van der Waals surface area contributed by atoms with E-state index < -0.39 is 27.0 Å². The maximum atomic E-state index is 12.6. The Hall–Kier alpha value is -1.28. The molecule has 1 aromatic rings. The van der Waals surface area contributed by atoms with E-state index in [1.54, 1.807) is 0 Å². The molecule has 0 aliphatic rings. The molecule has 0 atom stereocenters. The SMILES string of the molecule is COc1c(C)cnc(C(F)F)c1S(N)(=O)=O. The van der Waals surface area contributed by atoms with Crippen LogP contribution in [0, 0.1) is 6.92 Å². The molecule has 1 heterocycles. The molecule has 2 N–H and O–H groups in total. The first-order chi connectivity index (χ1) is 7.29. The molecule has 0 radical (unpaired) electrons. The molecule has 0 amide bonds. The maximum absolute atomic E-state index is 12.6. The number of hydrogen-bond acceptors (Lipinski definition) is 4. The Morgan fingerprint density at radius 1 is 1.50 bits per heavy atom. The summed E-state index contributed by atoms with van der Waals surface area (Å²) in [6.07, 6.45) is -1.93. The van der Waals surface area contributed by atoms with E-state index in [2.05, 4.69) is 4.98 Å². The second-order valence-corrected chi connectivity index (χ2v) is 4.53. The first kappa shape index (κ1) is 12.8. The van der Waals surface area contributed by atoms with Gasteiger partial charge in [0.15, 0.2) is 4.90 Å². The summed E-state index contributed by atoms with van der Waals surface area (Å²) < 4.78 is 52.3. The lowest BCUT2D eigenvalue weighted by molar-refractivity contribution is 0.141. The number of halogens is 2. The van der Waals surface area contributed by atoms with Crippen LogP contribution in [0.25, 0.3) is 0 Å². The highest BCUT2D eigenvalue weighted by atomic mass is 32.2. The average molecular weight is 252 g/mol. The van der Waals surface area contributed by atoms with Crippen molar-refractivity contribution in [2.24, 2.45) is 5.14 Å². The van der Waals surface area contributed by atoms with Crippen LogP contribution in [0.1, 0.15) is 17.7 Å². The van der Waals surface area contributed by atoms with E-state index in [0.29, 0.717) is 5.56 Å². The first-order valence-corrected chi connectivity index (χ1v) is 5.68. The van der Waals surface area contributed by atoms with E-state index in [0.717, 1.165) is 6.20 Å². The fraction of sp³-hybridized carbons (Fsp3) is 0.375. The maximum Gasteiger partial charge on any atom is 0.281 e. The second kappa shape index (κ2) is 4.30. The van der Waals surface area contributed by atoms with Crippen LogP contribution < -0.4 is 9.88 Å². The van der Waals surface area contributed by atoms with E-state index >= 15 is 0 Å². The van der Waals surface area contributed by atoms with E-state index in [9.17, 15) is 17.2 Å². The lowest BCUT2D eigenvalue weighted by Crippen LogP contribution is -2.17. The third-order valence-electron chi connectivity index (χ3n) is 1.89. The molecule has 0 spiro atoms. The molecule has 0 fully saturated rings. The standard InChI is InChI=1S/C8H10F2N2O3S/c1-4-3-12-5(8(9)10)7(6(4)15-2)16(11,13)14/h3,8H,1-2H3,(H2,11,13,14). The Bertz CT molecular complexity index is 502. The predicted molar refractivity (Wildman–Crippen MR) is 51.9 cm³/mol. The van der Waals surface area contributed by atoms with Gasteiger partial charge < -0.3 is 4.74 Å². The van der Waals surface area contributed by atoms with Gasteiger partial charge in [0.1, 0.15) is 11.4 Å². The zero-order chi connectivity index (χ0) is 12.5. The number of rotatable bonds is 3. The monoisotopic (exact) mass is 252 g/mol. The Balaban J connectivity index is 3.68. The molecule has 8 heteroatoms. The highest BCUT2D eigenvalue weighted by Crippen LogP contribution is 2.33. The van der Waals surface area contributed by atoms with Gasteiger partial charge in [-0.05, 0) is 6.92 Å². The van der Waals surface area contributed by atoms with Gasteiger partial charge in [-0.15, -0.1) is 0 Å². The van der Waals surface area contributed by atoms with Crippen LogP contribution in [-0.4, -0.2) is 20.5 Å². The number of sulfonamides is 1. The number of hydrogen-bond donors (Lipinski definition) is 1. The molecule has 1 rings (SSSR count). The molecule has 0 bridgehead atoms. The third kappa shape index (κ3) is 2.27. The Labute approximate surface area is 91.3 Å². The van der Waals surface area contributed by atoms with Crippen LogP contribution >= 0.6 is 0 Å². The predicted octanol–water partition coefficient (Wildman–Crippen LogP) is 0.984. The van der Waals surface area contributed by atoms with Crippen LogP contribution in [0.5, 0.6) is 5.75 Å². The van der Waals surface area contributed by atoms with Crippen molar-refractivity contribution < 1.29 is 21.9 Å². The molecule has 5 nitrogen and oxygen atoms in total. The first-order valence-electron chi connectivity index (χ1n) is 4.13. The van der Waals surface area contributed by atoms with Gasteiger partial charge in [0, 0.05) is 11.8 Å². The van der Waals surface area contributed by atoms with Crippen LogP contribution in [-0.2, 0) is 10.0 Å². The molecule has 90 valence electrons. The summed E-state index contributed by atoms with van der Waals surface area (Å²) in [5.41, 5.74) is -0.583. The molecule has 1 aromatic heterocycles. The summed E-state index contributed by atoms with van der Waals surface area (Å²) in [6.45, 7) is 1.48. The van der Waals surface area contributed by atoms with Crippen molar-refractivity contribution in [2.75, 3.05) is 7.11 Å². The fourth-order valence-electron chi connectivity index (χ4n) is 1.26. The van der Waals surface area contributed by atoms with Crippen molar-refractivity contribution in [1.82, 2.24) is 4.98 Å². The molecule has 0 aliphatic carbocycles. The van der Waals surface area contributed by atoms with E-state index in [1.165, 1.54) is 14.0 Å². The number of nitrogens with two attached hydrogens (primary N) is 1. The fourth-order valence-corrected chi connectivity index (χ4v) is 2.20. The summed E-state index contributed by atoms with van der Waals surface area (Å²) in [6, 6.07) is 0. The molecule has 0 aromatic carbocycles. The molecular formula is C8H10F2N2O3S. The highest BCUT2D eigenvalue weighted by molar-refractivity contribution is 7.89. The van der Waals surface area contributed by atoms with Crippen molar-refractivity contribution in [1.29, 1.82) is 0 Å². The minimum atomic E-state index is -4.31. The Kier molecular flexibility index (Phi) is 3.44. The normalized spacial score (nSPS) is 11.9. The van der Waals surface area contributed by atoms with Gasteiger partial charge in [0.25, 0.3) is 6.43 Å². The minimum absolute atomic E-state index is 0.201. The number of aryl methyl sites for hydroxylation is 1. The number of pyridine rings is 1. The molecule has 0 saturated carbocycles. The lowest BCUT2D eigenvalue weighted by Gasteiger charge is -2.12. The highest BCUT2D eigenvalue weighted by Gasteiger charge is 2.27. The Morgan fingerprint density at radius 3 is 2.44 bits per heavy atom. The molecular weight excluding hydrogens is 242 g/mol. The molecule has 0 aliphatic heterocycles. The number of aromatic nitrogens is 1. The largest absolute Gasteiger partial charge is 0.495 e. The number of primary sulfonamides is 1. The number of methoxy groups -OCH3 is 1. The summed E-state index contributed by atoms with van der Waals surface area (Å²) in [4.78, 5) is 2.60. The lowest BCUT2D eigenvalue weighted by atomic mass is 10.2. The average Bonchev–Trinajstić information content (AvgIpc) is 2.15. The summed E-state index contributed by atoms with van der Waals surface area (Å²) in [7, 11) is -3.14. The van der Waals surface area contributed by atoms with E-state index in [4.69, 9.17) is 9.88 Å². The summed E-state index contributed by atoms with van der Waals surface area (Å²) in [5.74, 6) is -0.201. The van der Waals surface area contributed by atoms with Crippen molar-refractivity contribution in [3.63, 3.8) is 0 Å². The van der Waals surface area contributed by atoms with Crippen LogP contribution in [0.2, 0.25) is 0 Å². The summed E-state index contributed by atoms with van der Waals surface area (Å²) in [5, 5.41) is 4.86. The van der Waals surface area contributed by atoms with Crippen molar-refractivity contribution in [3.05, 3.63) is 17.5 Å². The molecule has 0 unspecified atom stereocenters. The minimum Gasteiger partial charge on any atom is -0.495 e. The van der Waals surface area contributed by atoms with Gasteiger partial charge >= 0.3 is 0 Å². The van der Waals surface area contributed by atoms with Gasteiger partial charge in [-0.2, -0.15) is 0 Å². The van der Waals surface area contributed by atoms with Gasteiger partial charge in [0.05, 0.1) is 7.11 Å². The van der Waals surface area contributed by atoms with Gasteiger partial charge in [0.2, 0.25) is 10.0 Å². The quantitative estimate of drug-likeness (QED) is 0.869. The summed E-state index contributed by atoms with van der Waals surface area (Å²) >= 11 is 0. The third-order valence-corrected chi connectivity index (χ3v) is 2.85. The van der Waals surface area contributed by atoms with E-state index in [-0.39, 0.29) is 5.75 Å². The van der Waals surface area contributed by atoms with Gasteiger partial charge in [-0.1, -0.05) is 0 Å². The number of nitrogens with zero attached hydrogens (tertiary/aromatic N) is 1. The smallest absolute Gasteiger partial charge is 0.281 e. The second-order valence-electron chi connectivity index (χ2n) is 3.03. The van der Waals surface area contributed by atoms with Gasteiger partial charge in [-0.25, -0.2) is 22.3 Å².